The van der Waals surface area contributed by atoms with E-state index in [1.807, 2.05) is 48.5 Å². The van der Waals surface area contributed by atoms with Crippen molar-refractivity contribution in [3.8, 4) is 0 Å². The van der Waals surface area contributed by atoms with Crippen molar-refractivity contribution < 1.29 is 4.79 Å². The summed E-state index contributed by atoms with van der Waals surface area (Å²) >= 11 is 0. The third-order valence-corrected chi connectivity index (χ3v) is 5.80. The van der Waals surface area contributed by atoms with Gasteiger partial charge >= 0.3 is 0 Å². The second-order valence-electron chi connectivity index (χ2n) is 7.95. The van der Waals surface area contributed by atoms with Gasteiger partial charge in [-0.25, -0.2) is 0 Å². The Kier molecular flexibility index (Phi) is 4.80. The molecule has 5 N–H and O–H groups in total. The van der Waals surface area contributed by atoms with Gasteiger partial charge in [-0.2, -0.15) is 5.10 Å². The molecule has 2 aromatic carbocycles. The Morgan fingerprint density at radius 3 is 2.93 bits per heavy atom. The van der Waals surface area contributed by atoms with E-state index in [1.54, 1.807) is 6.20 Å². The normalized spacial score (nSPS) is 19.1. The minimum absolute atomic E-state index is 0.0202. The lowest BCUT2D eigenvalue weighted by Gasteiger charge is -2.25. The molecule has 2 aromatic heterocycles. The van der Waals surface area contributed by atoms with Crippen LogP contribution in [-0.2, 0) is 4.79 Å². The van der Waals surface area contributed by atoms with Crippen LogP contribution in [0.3, 0.4) is 0 Å². The van der Waals surface area contributed by atoms with Crippen molar-refractivity contribution in [1.29, 1.82) is 0 Å². The fraction of sp³-hybridized carbons (Fsp3) is 0.261. The molecule has 2 heterocycles. The van der Waals surface area contributed by atoms with Crippen molar-refractivity contribution in [1.82, 2.24) is 15.2 Å². The maximum absolute atomic E-state index is 12.7. The molecule has 0 bridgehead atoms. The molecule has 1 aliphatic carbocycles. The van der Waals surface area contributed by atoms with E-state index in [1.165, 1.54) is 0 Å². The monoisotopic (exact) mass is 400 g/mol. The van der Waals surface area contributed by atoms with E-state index in [9.17, 15) is 4.79 Å². The number of amides is 1. The Morgan fingerprint density at radius 2 is 2.03 bits per heavy atom. The van der Waals surface area contributed by atoms with E-state index in [0.29, 0.717) is 5.82 Å². The van der Waals surface area contributed by atoms with Crippen LogP contribution in [0.5, 0.6) is 0 Å². The van der Waals surface area contributed by atoms with Crippen LogP contribution in [0, 0.1) is 5.92 Å². The molecule has 152 valence electrons. The molecule has 0 spiro atoms. The van der Waals surface area contributed by atoms with Crippen LogP contribution in [0.1, 0.15) is 25.7 Å². The van der Waals surface area contributed by atoms with Gasteiger partial charge in [0.25, 0.3) is 0 Å². The van der Waals surface area contributed by atoms with E-state index in [0.717, 1.165) is 58.9 Å². The van der Waals surface area contributed by atoms with Gasteiger partial charge in [0, 0.05) is 34.6 Å². The van der Waals surface area contributed by atoms with E-state index in [-0.39, 0.29) is 17.9 Å². The van der Waals surface area contributed by atoms with Gasteiger partial charge in [-0.1, -0.05) is 24.6 Å². The number of fused-ring (bicyclic) bond motifs is 2. The van der Waals surface area contributed by atoms with E-state index < -0.39 is 0 Å². The Morgan fingerprint density at radius 1 is 1.13 bits per heavy atom. The molecule has 4 aromatic rings. The van der Waals surface area contributed by atoms with Gasteiger partial charge in [0.1, 0.15) is 0 Å². The Balaban J connectivity index is 1.41. The molecule has 30 heavy (non-hydrogen) atoms. The fourth-order valence-electron chi connectivity index (χ4n) is 4.23. The summed E-state index contributed by atoms with van der Waals surface area (Å²) in [7, 11) is 0. The molecular formula is C23H24N6O. The number of carbonyl (C=O) groups is 1. The molecule has 0 radical (unpaired) electrons. The predicted molar refractivity (Wildman–Crippen MR) is 120 cm³/mol. The zero-order valence-corrected chi connectivity index (χ0v) is 16.6. The van der Waals surface area contributed by atoms with Gasteiger partial charge < -0.3 is 16.4 Å². The molecule has 5 rings (SSSR count). The minimum atomic E-state index is -0.0202. The van der Waals surface area contributed by atoms with Crippen LogP contribution in [0.4, 0.5) is 17.2 Å². The van der Waals surface area contributed by atoms with Crippen LogP contribution in [0.2, 0.25) is 0 Å². The molecule has 2 unspecified atom stereocenters. The molecule has 7 heteroatoms. The summed E-state index contributed by atoms with van der Waals surface area (Å²) in [5, 5.41) is 15.9. The summed E-state index contributed by atoms with van der Waals surface area (Å²) in [6, 6.07) is 15.8. The Bertz CT molecular complexity index is 1210. The minimum Gasteiger partial charge on any atom is -0.336 e. The number of H-pyrrole nitrogens is 1. The number of anilines is 3. The highest BCUT2D eigenvalue weighted by Gasteiger charge is 2.25. The average molecular weight is 400 g/mol. The highest BCUT2D eigenvalue weighted by atomic mass is 16.1. The van der Waals surface area contributed by atoms with Gasteiger partial charge in [-0.15, -0.1) is 0 Å². The Labute approximate surface area is 174 Å². The first kappa shape index (κ1) is 18.6. The summed E-state index contributed by atoms with van der Waals surface area (Å²) in [5.74, 6) is 0.716. The lowest BCUT2D eigenvalue weighted by Crippen LogP contribution is -2.34. The topological polar surface area (TPSA) is 109 Å². The molecule has 0 aliphatic heterocycles. The maximum atomic E-state index is 12.7. The molecule has 1 aliphatic rings. The summed E-state index contributed by atoms with van der Waals surface area (Å²) in [5.41, 5.74) is 9.46. The summed E-state index contributed by atoms with van der Waals surface area (Å²) in [6.07, 6.45) is 5.44. The van der Waals surface area contributed by atoms with Gasteiger partial charge in [-0.3, -0.25) is 14.9 Å². The smallest absolute Gasteiger partial charge is 0.227 e. The van der Waals surface area contributed by atoms with Crippen LogP contribution in [-0.4, -0.2) is 27.1 Å². The largest absolute Gasteiger partial charge is 0.336 e. The SMILES string of the molecule is NC1CCCC(C(=O)Nc2ccc3[nH]nc(Nc4cccc5cccnc45)c3c2)C1. The second kappa shape index (κ2) is 7.76. The highest BCUT2D eigenvalue weighted by molar-refractivity contribution is 6.00. The van der Waals surface area contributed by atoms with Crippen molar-refractivity contribution in [2.45, 2.75) is 31.7 Å². The van der Waals surface area contributed by atoms with Crippen LogP contribution >= 0.6 is 0 Å². The third kappa shape index (κ3) is 3.59. The molecule has 7 nitrogen and oxygen atoms in total. The number of pyridine rings is 1. The van der Waals surface area contributed by atoms with E-state index in [4.69, 9.17) is 5.73 Å². The van der Waals surface area contributed by atoms with E-state index >= 15 is 0 Å². The van der Waals surface area contributed by atoms with Crippen molar-refractivity contribution in [2.75, 3.05) is 10.6 Å². The highest BCUT2D eigenvalue weighted by Crippen LogP contribution is 2.30. The molecule has 1 fully saturated rings. The van der Waals surface area contributed by atoms with E-state index in [2.05, 4.69) is 25.8 Å². The standard InChI is InChI=1S/C23H24N6O/c24-16-7-1-5-15(12-16)23(30)26-17-9-10-19-18(13-17)22(29-28-19)27-20-8-2-4-14-6-3-11-25-21(14)20/h2-4,6,8-11,13,15-16H,1,5,7,12,24H2,(H,26,30)(H2,27,28,29). The predicted octanol–water partition coefficient (Wildman–Crippen LogP) is 4.31. The number of aromatic nitrogens is 3. The van der Waals surface area contributed by atoms with Gasteiger partial charge in [0.05, 0.1) is 16.7 Å². The van der Waals surface area contributed by atoms with Gasteiger partial charge in [-0.05, 0) is 49.6 Å². The van der Waals surface area contributed by atoms with Crippen LogP contribution in [0.25, 0.3) is 21.8 Å². The molecule has 1 saturated carbocycles. The number of rotatable bonds is 4. The lowest BCUT2D eigenvalue weighted by atomic mass is 9.85. The van der Waals surface area contributed by atoms with Crippen LogP contribution < -0.4 is 16.4 Å². The van der Waals surface area contributed by atoms with Crippen molar-refractivity contribution in [3.63, 3.8) is 0 Å². The average Bonchev–Trinajstić information content (AvgIpc) is 3.16. The summed E-state index contributed by atoms with van der Waals surface area (Å²) < 4.78 is 0. The first-order chi connectivity index (χ1) is 14.7. The zero-order chi connectivity index (χ0) is 20.5. The quantitative estimate of drug-likeness (QED) is 0.408. The zero-order valence-electron chi connectivity index (χ0n) is 16.6. The number of nitrogens with one attached hydrogen (secondary N) is 3. The van der Waals surface area contributed by atoms with Gasteiger partial charge in [0.2, 0.25) is 5.91 Å². The first-order valence-corrected chi connectivity index (χ1v) is 10.3. The molecule has 2 atom stereocenters. The molecule has 1 amide bonds. The van der Waals surface area contributed by atoms with Crippen LogP contribution in [0.15, 0.2) is 54.7 Å². The number of hydrogen-bond donors (Lipinski definition) is 4. The number of aromatic amines is 1. The number of nitrogens with zero attached hydrogens (tertiary/aromatic N) is 2. The number of nitrogens with two attached hydrogens (primary N) is 1. The number of para-hydroxylation sites is 1. The maximum Gasteiger partial charge on any atom is 0.227 e. The number of carbonyl (C=O) groups excluding carboxylic acids is 1. The molecular weight excluding hydrogens is 376 g/mol. The number of benzene rings is 2. The van der Waals surface area contributed by atoms with Crippen molar-refractivity contribution in [2.24, 2.45) is 11.7 Å². The van der Waals surface area contributed by atoms with Crippen molar-refractivity contribution in [3.05, 3.63) is 54.7 Å². The van der Waals surface area contributed by atoms with Crippen molar-refractivity contribution >= 4 is 44.9 Å². The summed E-state index contributed by atoms with van der Waals surface area (Å²) in [4.78, 5) is 17.2. The van der Waals surface area contributed by atoms with Gasteiger partial charge in [0.15, 0.2) is 5.82 Å². The third-order valence-electron chi connectivity index (χ3n) is 5.80. The first-order valence-electron chi connectivity index (χ1n) is 10.3. The Hall–Kier alpha value is -3.45. The number of hydrogen-bond acceptors (Lipinski definition) is 5. The fourth-order valence-corrected chi connectivity index (χ4v) is 4.23. The molecule has 0 saturated heterocycles. The summed E-state index contributed by atoms with van der Waals surface area (Å²) in [6.45, 7) is 0. The lowest BCUT2D eigenvalue weighted by molar-refractivity contribution is -0.120. The second-order valence-corrected chi connectivity index (χ2v) is 7.95.